The number of halogens is 3. The van der Waals surface area contributed by atoms with Crippen molar-refractivity contribution in [3.05, 3.63) is 68.1 Å². The van der Waals surface area contributed by atoms with Crippen molar-refractivity contribution in [2.24, 2.45) is 0 Å². The summed E-state index contributed by atoms with van der Waals surface area (Å²) in [5, 5.41) is 2.73. The maximum absolute atomic E-state index is 13.4. The molecule has 3 aromatic rings. The first kappa shape index (κ1) is 21.5. The van der Waals surface area contributed by atoms with E-state index in [4.69, 9.17) is 0 Å². The quantitative estimate of drug-likeness (QED) is 0.678. The van der Waals surface area contributed by atoms with E-state index in [-0.39, 0.29) is 11.0 Å². The zero-order valence-corrected chi connectivity index (χ0v) is 17.4. The van der Waals surface area contributed by atoms with Gasteiger partial charge < -0.3 is 5.32 Å². The molecule has 0 radical (unpaired) electrons. The minimum atomic E-state index is -4.92. The Morgan fingerprint density at radius 3 is 2.10 bits per heavy atom. The van der Waals surface area contributed by atoms with Crippen molar-refractivity contribution in [3.63, 3.8) is 0 Å². The number of anilines is 1. The number of nitrogens with one attached hydrogen (secondary N) is 1. The number of rotatable bonds is 3. The lowest BCUT2D eigenvalue weighted by Crippen LogP contribution is -2.34. The molecular formula is C22H22F3N3O2. The van der Waals surface area contributed by atoms with Crippen molar-refractivity contribution < 1.29 is 18.0 Å². The largest absolute Gasteiger partial charge is 0.438 e. The predicted molar refractivity (Wildman–Crippen MR) is 110 cm³/mol. The van der Waals surface area contributed by atoms with Crippen molar-refractivity contribution in [2.75, 3.05) is 5.32 Å². The molecule has 0 aliphatic heterocycles. The highest BCUT2D eigenvalue weighted by atomic mass is 19.4. The maximum atomic E-state index is 13.4. The monoisotopic (exact) mass is 417 g/mol. The Morgan fingerprint density at radius 1 is 0.967 bits per heavy atom. The number of benzene rings is 2. The van der Waals surface area contributed by atoms with Crippen LogP contribution >= 0.6 is 0 Å². The first-order valence-electron chi connectivity index (χ1n) is 9.35. The fraction of sp³-hybridized carbons (Fsp3) is 0.318. The topological polar surface area (TPSA) is 64.0 Å². The predicted octanol–water partition coefficient (Wildman–Crippen LogP) is 4.60. The van der Waals surface area contributed by atoms with Gasteiger partial charge in [0.2, 0.25) is 11.6 Å². The average Bonchev–Trinajstić information content (AvgIpc) is 2.61. The summed E-state index contributed by atoms with van der Waals surface area (Å²) < 4.78 is 41.0. The molecule has 5 nitrogen and oxygen atoms in total. The second-order valence-electron chi connectivity index (χ2n) is 7.60. The van der Waals surface area contributed by atoms with Crippen LogP contribution in [0, 0.1) is 34.6 Å². The third kappa shape index (κ3) is 4.08. The van der Waals surface area contributed by atoms with Gasteiger partial charge in [0.05, 0.1) is 11.0 Å². The van der Waals surface area contributed by atoms with Gasteiger partial charge in [0, 0.05) is 5.69 Å². The van der Waals surface area contributed by atoms with Crippen molar-refractivity contribution in [1.29, 1.82) is 0 Å². The van der Waals surface area contributed by atoms with E-state index in [9.17, 15) is 22.8 Å². The van der Waals surface area contributed by atoms with E-state index in [1.165, 1.54) is 6.07 Å². The van der Waals surface area contributed by atoms with E-state index in [2.05, 4.69) is 10.3 Å². The summed E-state index contributed by atoms with van der Waals surface area (Å²) >= 11 is 0. The Hall–Kier alpha value is -3.16. The van der Waals surface area contributed by atoms with E-state index < -0.39 is 29.9 Å². The lowest BCUT2D eigenvalue weighted by Gasteiger charge is -2.16. The summed E-state index contributed by atoms with van der Waals surface area (Å²) in [6.45, 7) is 8.55. The second kappa shape index (κ2) is 7.59. The molecule has 1 N–H and O–H groups in total. The molecule has 0 aliphatic rings. The van der Waals surface area contributed by atoms with Gasteiger partial charge in [0.25, 0.3) is 5.56 Å². The van der Waals surface area contributed by atoms with Crippen molar-refractivity contribution in [2.45, 2.75) is 47.3 Å². The summed E-state index contributed by atoms with van der Waals surface area (Å²) in [4.78, 5) is 28.8. The fourth-order valence-corrected chi connectivity index (χ4v) is 3.54. The molecule has 0 atom stereocenters. The van der Waals surface area contributed by atoms with Crippen LogP contribution in [-0.2, 0) is 17.5 Å². The minimum Gasteiger partial charge on any atom is -0.324 e. The zero-order valence-electron chi connectivity index (χ0n) is 17.4. The first-order valence-corrected chi connectivity index (χ1v) is 9.35. The number of aryl methyl sites for hydroxylation is 5. The van der Waals surface area contributed by atoms with E-state index >= 15 is 0 Å². The Balaban J connectivity index is 2.11. The molecular weight excluding hydrogens is 395 g/mol. The molecule has 30 heavy (non-hydrogen) atoms. The highest BCUT2D eigenvalue weighted by molar-refractivity contribution is 5.93. The van der Waals surface area contributed by atoms with Gasteiger partial charge in [-0.15, -0.1) is 0 Å². The average molecular weight is 417 g/mol. The lowest BCUT2D eigenvalue weighted by atomic mass is 10.1. The van der Waals surface area contributed by atoms with E-state index in [1.54, 1.807) is 19.9 Å². The van der Waals surface area contributed by atoms with Gasteiger partial charge in [0.1, 0.15) is 6.54 Å². The van der Waals surface area contributed by atoms with Crippen LogP contribution in [0.25, 0.3) is 11.0 Å². The minimum absolute atomic E-state index is 0.0144. The second-order valence-corrected chi connectivity index (χ2v) is 7.60. The third-order valence-corrected chi connectivity index (χ3v) is 5.07. The van der Waals surface area contributed by atoms with Crippen LogP contribution in [0.3, 0.4) is 0 Å². The molecule has 1 amide bonds. The van der Waals surface area contributed by atoms with Gasteiger partial charge in [-0.05, 0) is 69.0 Å². The number of hydrogen-bond acceptors (Lipinski definition) is 3. The van der Waals surface area contributed by atoms with E-state index in [0.717, 1.165) is 32.4 Å². The van der Waals surface area contributed by atoms with Crippen molar-refractivity contribution >= 4 is 22.6 Å². The summed E-state index contributed by atoms with van der Waals surface area (Å²) in [5.41, 5.74) is 2.11. The number of carbonyl (C=O) groups is 1. The smallest absolute Gasteiger partial charge is 0.324 e. The Bertz CT molecular complexity index is 1200. The fourth-order valence-electron chi connectivity index (χ4n) is 3.54. The van der Waals surface area contributed by atoms with Crippen LogP contribution in [0.2, 0.25) is 0 Å². The SMILES string of the molecule is Cc1cc(C)c(NC(=O)Cn2c(=O)c(C(F)(F)F)nc3cc(C)c(C)cc32)c(C)c1. The molecule has 0 saturated heterocycles. The third-order valence-electron chi connectivity index (χ3n) is 5.07. The summed E-state index contributed by atoms with van der Waals surface area (Å²) in [6, 6.07) is 6.85. The first-order chi connectivity index (χ1) is 13.9. The maximum Gasteiger partial charge on any atom is 0.438 e. The van der Waals surface area contributed by atoms with Crippen molar-refractivity contribution in [3.8, 4) is 0 Å². The standard InChI is InChI=1S/C22H22F3N3O2/c1-11-6-14(4)19(15(5)7-11)27-18(29)10-28-17-9-13(3)12(2)8-16(17)26-20(21(28)30)22(23,24)25/h6-9H,10H2,1-5H3,(H,27,29). The highest BCUT2D eigenvalue weighted by Gasteiger charge is 2.37. The molecule has 0 spiro atoms. The van der Waals surface area contributed by atoms with Gasteiger partial charge in [-0.1, -0.05) is 17.7 Å². The molecule has 1 heterocycles. The molecule has 0 bridgehead atoms. The van der Waals surface area contributed by atoms with Crippen LogP contribution in [-0.4, -0.2) is 15.5 Å². The van der Waals surface area contributed by atoms with Crippen molar-refractivity contribution in [1.82, 2.24) is 9.55 Å². The summed E-state index contributed by atoms with van der Waals surface area (Å²) in [7, 11) is 0. The Kier molecular flexibility index (Phi) is 5.45. The van der Waals surface area contributed by atoms with Crippen LogP contribution < -0.4 is 10.9 Å². The van der Waals surface area contributed by atoms with E-state index in [1.807, 2.05) is 32.9 Å². The van der Waals surface area contributed by atoms with Gasteiger partial charge in [-0.3, -0.25) is 14.2 Å². The Morgan fingerprint density at radius 2 is 1.53 bits per heavy atom. The van der Waals surface area contributed by atoms with Crippen LogP contribution in [0.5, 0.6) is 0 Å². The molecule has 3 rings (SSSR count). The summed E-state index contributed by atoms with van der Waals surface area (Å²) in [5.74, 6) is -0.592. The zero-order chi connectivity index (χ0) is 22.4. The van der Waals surface area contributed by atoms with Gasteiger partial charge in [-0.25, -0.2) is 4.98 Å². The molecule has 8 heteroatoms. The molecule has 0 aliphatic carbocycles. The molecule has 2 aromatic carbocycles. The summed E-state index contributed by atoms with van der Waals surface area (Å²) in [6.07, 6.45) is -4.92. The number of fused-ring (bicyclic) bond motifs is 1. The Labute approximate surface area is 171 Å². The number of hydrogen-bond donors (Lipinski definition) is 1. The number of carbonyl (C=O) groups excluding carboxylic acids is 1. The van der Waals surface area contributed by atoms with Gasteiger partial charge >= 0.3 is 6.18 Å². The van der Waals surface area contributed by atoms with Gasteiger partial charge in [0.15, 0.2) is 0 Å². The molecule has 1 aromatic heterocycles. The van der Waals surface area contributed by atoms with E-state index in [0.29, 0.717) is 5.69 Å². The number of nitrogens with zero attached hydrogens (tertiary/aromatic N) is 2. The normalized spacial score (nSPS) is 11.7. The molecule has 158 valence electrons. The van der Waals surface area contributed by atoms with Crippen LogP contribution in [0.15, 0.2) is 29.1 Å². The lowest BCUT2D eigenvalue weighted by molar-refractivity contribution is -0.142. The number of amides is 1. The van der Waals surface area contributed by atoms with Crippen LogP contribution in [0.4, 0.5) is 18.9 Å². The molecule has 0 unspecified atom stereocenters. The number of alkyl halides is 3. The van der Waals surface area contributed by atoms with Gasteiger partial charge in [-0.2, -0.15) is 13.2 Å². The molecule has 0 fully saturated rings. The molecule has 0 saturated carbocycles. The number of aromatic nitrogens is 2. The van der Waals surface area contributed by atoms with Crippen LogP contribution in [0.1, 0.15) is 33.5 Å². The highest BCUT2D eigenvalue weighted by Crippen LogP contribution is 2.27.